The molecular formula is C23H32FN3O3. The average Bonchev–Trinajstić information content (AvgIpc) is 2.65. The molecule has 7 heteroatoms. The van der Waals surface area contributed by atoms with Gasteiger partial charge in [0.15, 0.2) is 0 Å². The normalized spacial score (nSPS) is 14.2. The van der Waals surface area contributed by atoms with Crippen LogP contribution < -0.4 is 11.1 Å². The van der Waals surface area contributed by atoms with E-state index in [2.05, 4.69) is 10.3 Å². The van der Waals surface area contributed by atoms with Crippen molar-refractivity contribution in [2.75, 3.05) is 6.54 Å². The Morgan fingerprint density at radius 3 is 2.27 bits per heavy atom. The van der Waals surface area contributed by atoms with Crippen LogP contribution in [0.5, 0.6) is 0 Å². The number of halogens is 1. The first-order chi connectivity index (χ1) is 13.8. The van der Waals surface area contributed by atoms with Crippen molar-refractivity contribution in [2.24, 2.45) is 5.73 Å². The second kappa shape index (κ2) is 8.70. The van der Waals surface area contributed by atoms with E-state index in [-0.39, 0.29) is 12.4 Å². The number of nitrogens with two attached hydrogens (primary N) is 1. The largest absolute Gasteiger partial charge is 0.444 e. The van der Waals surface area contributed by atoms with Gasteiger partial charge in [-0.25, -0.2) is 14.2 Å². The third-order valence-corrected chi connectivity index (χ3v) is 4.90. The molecule has 164 valence electrons. The molecule has 0 saturated heterocycles. The summed E-state index contributed by atoms with van der Waals surface area (Å²) in [5.74, 6) is -0.353. The van der Waals surface area contributed by atoms with Gasteiger partial charge in [0.05, 0.1) is 16.9 Å². The van der Waals surface area contributed by atoms with Crippen LogP contribution in [-0.4, -0.2) is 28.3 Å². The fraction of sp³-hybridized carbons (Fsp3) is 0.478. The molecular weight excluding hydrogens is 385 g/mol. The number of carbonyl (C=O) groups excluding carboxylic acids is 1. The van der Waals surface area contributed by atoms with Gasteiger partial charge in [-0.1, -0.05) is 6.92 Å². The summed E-state index contributed by atoms with van der Waals surface area (Å²) in [6, 6.07) is 9.48. The van der Waals surface area contributed by atoms with Crippen LogP contribution in [0.25, 0.3) is 11.3 Å². The minimum absolute atomic E-state index is 0.0112. The SMILES string of the molecule is CCC(O)(CN)c1cc(C(C)(C)NC(=O)OC(C)(C)C)cc(-c2ccc(F)cc2)n1. The Labute approximate surface area is 177 Å². The molecule has 2 aromatic rings. The van der Waals surface area contributed by atoms with Gasteiger partial charge in [-0.05, 0) is 83.0 Å². The van der Waals surface area contributed by atoms with Crippen molar-refractivity contribution >= 4 is 6.09 Å². The van der Waals surface area contributed by atoms with Gasteiger partial charge in [-0.15, -0.1) is 0 Å². The number of hydrogen-bond donors (Lipinski definition) is 3. The molecule has 0 spiro atoms. The smallest absolute Gasteiger partial charge is 0.408 e. The third kappa shape index (κ3) is 5.77. The Bertz CT molecular complexity index is 886. The molecule has 0 aliphatic carbocycles. The highest BCUT2D eigenvalue weighted by Gasteiger charge is 2.32. The number of aliphatic hydroxyl groups is 1. The zero-order valence-corrected chi connectivity index (χ0v) is 18.5. The highest BCUT2D eigenvalue weighted by molar-refractivity contribution is 5.69. The zero-order valence-electron chi connectivity index (χ0n) is 18.5. The quantitative estimate of drug-likeness (QED) is 0.654. The maximum atomic E-state index is 13.4. The molecule has 0 bridgehead atoms. The summed E-state index contributed by atoms with van der Waals surface area (Å²) in [6.07, 6.45) is -0.193. The van der Waals surface area contributed by atoms with Crippen LogP contribution in [0.3, 0.4) is 0 Å². The molecule has 1 aromatic carbocycles. The molecule has 6 nitrogen and oxygen atoms in total. The summed E-state index contributed by atoms with van der Waals surface area (Å²) in [5.41, 5.74) is 5.37. The van der Waals surface area contributed by atoms with Crippen molar-refractivity contribution in [2.45, 2.75) is 64.7 Å². The zero-order chi connectivity index (χ0) is 22.7. The highest BCUT2D eigenvalue weighted by atomic mass is 19.1. The van der Waals surface area contributed by atoms with Crippen molar-refractivity contribution in [3.63, 3.8) is 0 Å². The molecule has 0 aliphatic rings. The number of ether oxygens (including phenoxy) is 1. The summed E-state index contributed by atoms with van der Waals surface area (Å²) in [4.78, 5) is 17.0. The number of nitrogens with zero attached hydrogens (tertiary/aromatic N) is 1. The molecule has 1 aromatic heterocycles. The number of pyridine rings is 1. The van der Waals surface area contributed by atoms with Crippen molar-refractivity contribution in [3.05, 3.63) is 53.5 Å². The van der Waals surface area contributed by atoms with Gasteiger partial charge in [0.25, 0.3) is 0 Å². The fourth-order valence-electron chi connectivity index (χ4n) is 2.96. The van der Waals surface area contributed by atoms with Crippen molar-refractivity contribution in [1.29, 1.82) is 0 Å². The summed E-state index contributed by atoms with van der Waals surface area (Å²) in [6.45, 7) is 10.8. The van der Waals surface area contributed by atoms with Gasteiger partial charge in [-0.2, -0.15) is 0 Å². The number of alkyl carbamates (subject to hydrolysis) is 1. The Kier molecular flexibility index (Phi) is 6.89. The van der Waals surface area contributed by atoms with E-state index in [0.717, 1.165) is 0 Å². The van der Waals surface area contributed by atoms with E-state index in [1.807, 2.05) is 20.8 Å². The van der Waals surface area contributed by atoms with E-state index in [9.17, 15) is 14.3 Å². The van der Waals surface area contributed by atoms with Crippen LogP contribution in [0.1, 0.15) is 59.2 Å². The van der Waals surface area contributed by atoms with Crippen molar-refractivity contribution in [3.8, 4) is 11.3 Å². The molecule has 30 heavy (non-hydrogen) atoms. The molecule has 4 N–H and O–H groups in total. The first-order valence-corrected chi connectivity index (χ1v) is 10.0. The van der Waals surface area contributed by atoms with Crippen LogP contribution in [0.15, 0.2) is 36.4 Å². The summed E-state index contributed by atoms with van der Waals surface area (Å²) >= 11 is 0. The first-order valence-electron chi connectivity index (χ1n) is 10.0. The van der Waals surface area contributed by atoms with Crippen LogP contribution in [-0.2, 0) is 15.9 Å². The van der Waals surface area contributed by atoms with Crippen LogP contribution in [0, 0.1) is 5.82 Å². The second-order valence-corrected chi connectivity index (χ2v) is 8.97. The highest BCUT2D eigenvalue weighted by Crippen LogP contribution is 2.31. The monoisotopic (exact) mass is 417 g/mol. The summed E-state index contributed by atoms with van der Waals surface area (Å²) < 4.78 is 18.8. The van der Waals surface area contributed by atoms with E-state index in [4.69, 9.17) is 10.5 Å². The lowest BCUT2D eigenvalue weighted by molar-refractivity contribution is 0.0373. The van der Waals surface area contributed by atoms with Gasteiger partial charge < -0.3 is 20.9 Å². The number of aromatic nitrogens is 1. The van der Waals surface area contributed by atoms with Crippen molar-refractivity contribution in [1.82, 2.24) is 10.3 Å². The molecule has 1 amide bonds. The second-order valence-electron chi connectivity index (χ2n) is 8.97. The minimum atomic E-state index is -1.33. The number of carbonyl (C=O) groups is 1. The number of nitrogens with one attached hydrogen (secondary N) is 1. The number of benzene rings is 1. The number of rotatable bonds is 6. The van der Waals surface area contributed by atoms with E-state index in [1.54, 1.807) is 45.0 Å². The molecule has 1 atom stereocenters. The van der Waals surface area contributed by atoms with Gasteiger partial charge in [-0.3, -0.25) is 0 Å². The third-order valence-electron chi connectivity index (χ3n) is 4.90. The average molecular weight is 418 g/mol. The molecule has 0 fully saturated rings. The summed E-state index contributed by atoms with van der Waals surface area (Å²) in [5, 5.41) is 13.9. The van der Waals surface area contributed by atoms with E-state index in [1.165, 1.54) is 12.1 Å². The van der Waals surface area contributed by atoms with Gasteiger partial charge in [0.1, 0.15) is 17.0 Å². The minimum Gasteiger partial charge on any atom is -0.444 e. The van der Waals surface area contributed by atoms with Crippen LogP contribution in [0.4, 0.5) is 9.18 Å². The molecule has 1 unspecified atom stereocenters. The molecule has 0 radical (unpaired) electrons. The Balaban J connectivity index is 2.55. The summed E-state index contributed by atoms with van der Waals surface area (Å²) in [7, 11) is 0. The standard InChI is InChI=1S/C23H32FN3O3/c1-7-23(29,14-25)19-13-16(22(5,6)27-20(28)30-21(2,3)4)12-18(26-19)15-8-10-17(24)11-9-15/h8-13,29H,7,14,25H2,1-6H3,(H,27,28). The van der Waals surface area contributed by atoms with Gasteiger partial charge in [0, 0.05) is 12.1 Å². The van der Waals surface area contributed by atoms with Gasteiger partial charge in [0.2, 0.25) is 0 Å². The maximum Gasteiger partial charge on any atom is 0.408 e. The Morgan fingerprint density at radius 1 is 1.17 bits per heavy atom. The lowest BCUT2D eigenvalue weighted by Gasteiger charge is -2.31. The van der Waals surface area contributed by atoms with E-state index < -0.39 is 22.8 Å². The predicted molar refractivity (Wildman–Crippen MR) is 115 cm³/mol. The van der Waals surface area contributed by atoms with E-state index >= 15 is 0 Å². The lowest BCUT2D eigenvalue weighted by atomic mass is 9.88. The Morgan fingerprint density at radius 2 is 1.77 bits per heavy atom. The first kappa shape index (κ1) is 23.8. The lowest BCUT2D eigenvalue weighted by Crippen LogP contribution is -2.44. The fourth-order valence-corrected chi connectivity index (χ4v) is 2.96. The topological polar surface area (TPSA) is 97.5 Å². The van der Waals surface area contributed by atoms with E-state index in [0.29, 0.717) is 28.9 Å². The van der Waals surface area contributed by atoms with Crippen LogP contribution in [0.2, 0.25) is 0 Å². The van der Waals surface area contributed by atoms with Crippen molar-refractivity contribution < 1.29 is 19.0 Å². The molecule has 1 heterocycles. The maximum absolute atomic E-state index is 13.4. The molecule has 0 aliphatic heterocycles. The molecule has 2 rings (SSSR count). The molecule has 0 saturated carbocycles. The van der Waals surface area contributed by atoms with Crippen LogP contribution >= 0.6 is 0 Å². The number of hydrogen-bond acceptors (Lipinski definition) is 5. The Hall–Kier alpha value is -2.51. The number of amides is 1. The predicted octanol–water partition coefficient (Wildman–Crippen LogP) is 4.20. The van der Waals surface area contributed by atoms with Gasteiger partial charge >= 0.3 is 6.09 Å².